The molecule has 1 atom stereocenters. The molecule has 148 valence electrons. The second-order valence-electron chi connectivity index (χ2n) is 7.40. The number of carbonyl (C=O) groups is 2. The highest BCUT2D eigenvalue weighted by Gasteiger charge is 2.49. The van der Waals surface area contributed by atoms with Gasteiger partial charge in [0.05, 0.1) is 6.54 Å². The maximum absolute atomic E-state index is 13.2. The van der Waals surface area contributed by atoms with Crippen LogP contribution in [-0.2, 0) is 16.9 Å². The summed E-state index contributed by atoms with van der Waals surface area (Å²) in [5.41, 5.74) is 1.56. The topological polar surface area (TPSA) is 79.6 Å². The first-order chi connectivity index (χ1) is 13.7. The van der Waals surface area contributed by atoms with Gasteiger partial charge < -0.3 is 9.73 Å². The van der Waals surface area contributed by atoms with Gasteiger partial charge in [0.2, 0.25) is 0 Å². The van der Waals surface area contributed by atoms with E-state index in [4.69, 9.17) is 16.0 Å². The molecule has 4 rings (SSSR count). The van der Waals surface area contributed by atoms with Crippen LogP contribution in [0, 0.1) is 13.8 Å². The summed E-state index contributed by atoms with van der Waals surface area (Å²) in [6, 6.07) is 11.4. The summed E-state index contributed by atoms with van der Waals surface area (Å²) in [7, 11) is 0. The standard InChI is InChI=1S/C22H19ClN2O4/c1-12-8-9-15-14(10-18(26)29-19(15)13(12)2)11-25-20(27)22(3,24-21(25)28)16-6-4-5-7-17(16)23/h4-10H,11H2,1-3H3,(H,24,28)/t22-/m1/s1. The van der Waals surface area contributed by atoms with Crippen LogP contribution in [0.1, 0.15) is 29.2 Å². The Morgan fingerprint density at radius 3 is 2.55 bits per heavy atom. The van der Waals surface area contributed by atoms with Crippen molar-refractivity contribution in [1.82, 2.24) is 10.2 Å². The van der Waals surface area contributed by atoms with Gasteiger partial charge in [-0.2, -0.15) is 0 Å². The van der Waals surface area contributed by atoms with E-state index in [1.54, 1.807) is 31.2 Å². The number of imide groups is 1. The summed E-state index contributed by atoms with van der Waals surface area (Å²) in [4.78, 5) is 39.1. The molecule has 7 heteroatoms. The zero-order valence-electron chi connectivity index (χ0n) is 16.2. The van der Waals surface area contributed by atoms with Crippen molar-refractivity contribution in [3.8, 4) is 0 Å². The van der Waals surface area contributed by atoms with Gasteiger partial charge in [-0.15, -0.1) is 0 Å². The van der Waals surface area contributed by atoms with Gasteiger partial charge in [0.15, 0.2) is 0 Å². The van der Waals surface area contributed by atoms with Crippen LogP contribution in [0.15, 0.2) is 51.7 Å². The SMILES string of the molecule is Cc1ccc2c(CN3C(=O)N[C@](C)(c4ccccc4Cl)C3=O)cc(=O)oc2c1C. The molecular formula is C22H19ClN2O4. The summed E-state index contributed by atoms with van der Waals surface area (Å²) >= 11 is 6.27. The third-order valence-corrected chi connectivity index (χ3v) is 5.86. The smallest absolute Gasteiger partial charge is 0.336 e. The van der Waals surface area contributed by atoms with Gasteiger partial charge in [0.1, 0.15) is 11.1 Å². The minimum Gasteiger partial charge on any atom is -0.422 e. The third kappa shape index (κ3) is 3.00. The molecule has 1 aliphatic rings. The van der Waals surface area contributed by atoms with Gasteiger partial charge in [-0.1, -0.05) is 41.9 Å². The van der Waals surface area contributed by atoms with Crippen molar-refractivity contribution in [3.63, 3.8) is 0 Å². The Labute approximate surface area is 172 Å². The highest BCUT2D eigenvalue weighted by Crippen LogP contribution is 2.34. The first-order valence-corrected chi connectivity index (χ1v) is 9.52. The lowest BCUT2D eigenvalue weighted by Crippen LogP contribution is -2.41. The molecule has 6 nitrogen and oxygen atoms in total. The van der Waals surface area contributed by atoms with Crippen LogP contribution < -0.4 is 10.9 Å². The van der Waals surface area contributed by atoms with Gasteiger partial charge in [0, 0.05) is 22.0 Å². The van der Waals surface area contributed by atoms with Crippen LogP contribution in [0.25, 0.3) is 11.0 Å². The Morgan fingerprint density at radius 1 is 1.10 bits per heavy atom. The van der Waals surface area contributed by atoms with Crippen molar-refractivity contribution >= 4 is 34.5 Å². The number of amides is 3. The van der Waals surface area contributed by atoms with E-state index in [1.807, 2.05) is 26.0 Å². The Balaban J connectivity index is 1.77. The summed E-state index contributed by atoms with van der Waals surface area (Å²) in [6.45, 7) is 5.37. The Hall–Kier alpha value is -3.12. The van der Waals surface area contributed by atoms with Crippen LogP contribution in [-0.4, -0.2) is 16.8 Å². The maximum Gasteiger partial charge on any atom is 0.336 e. The minimum absolute atomic E-state index is 0.0463. The molecule has 0 aliphatic carbocycles. The van der Waals surface area contributed by atoms with Crippen molar-refractivity contribution < 1.29 is 14.0 Å². The number of aryl methyl sites for hydroxylation is 2. The molecule has 2 aromatic carbocycles. The molecule has 29 heavy (non-hydrogen) atoms. The van der Waals surface area contributed by atoms with Crippen molar-refractivity contribution in [1.29, 1.82) is 0 Å². The lowest BCUT2D eigenvalue weighted by molar-refractivity contribution is -0.131. The van der Waals surface area contributed by atoms with Crippen molar-refractivity contribution in [2.45, 2.75) is 32.9 Å². The van der Waals surface area contributed by atoms with Gasteiger partial charge in [-0.3, -0.25) is 9.69 Å². The van der Waals surface area contributed by atoms with Crippen LogP contribution in [0.4, 0.5) is 4.79 Å². The Bertz CT molecular complexity index is 1230. The largest absolute Gasteiger partial charge is 0.422 e. The molecule has 0 bridgehead atoms. The number of urea groups is 1. The average molecular weight is 411 g/mol. The summed E-state index contributed by atoms with van der Waals surface area (Å²) in [5.74, 6) is -0.430. The molecule has 1 N–H and O–H groups in total. The number of benzene rings is 2. The molecule has 1 aliphatic heterocycles. The number of halogens is 1. The number of rotatable bonds is 3. The monoisotopic (exact) mass is 410 g/mol. The third-order valence-electron chi connectivity index (χ3n) is 5.53. The summed E-state index contributed by atoms with van der Waals surface area (Å²) < 4.78 is 5.38. The molecule has 1 aromatic heterocycles. The van der Waals surface area contributed by atoms with E-state index in [-0.39, 0.29) is 6.54 Å². The van der Waals surface area contributed by atoms with E-state index >= 15 is 0 Å². The van der Waals surface area contributed by atoms with Gasteiger partial charge in [-0.05, 0) is 43.5 Å². The van der Waals surface area contributed by atoms with Gasteiger partial charge in [-0.25, -0.2) is 9.59 Å². The lowest BCUT2D eigenvalue weighted by atomic mass is 9.92. The zero-order chi connectivity index (χ0) is 20.9. The fourth-order valence-electron chi connectivity index (χ4n) is 3.72. The average Bonchev–Trinajstić information content (AvgIpc) is 2.89. The number of nitrogens with zero attached hydrogens (tertiary/aromatic N) is 1. The van der Waals surface area contributed by atoms with Crippen LogP contribution in [0.3, 0.4) is 0 Å². The highest BCUT2D eigenvalue weighted by atomic mass is 35.5. The fourth-order valence-corrected chi connectivity index (χ4v) is 4.04. The first kappa shape index (κ1) is 19.2. The molecule has 3 aromatic rings. The van der Waals surface area contributed by atoms with Gasteiger partial charge >= 0.3 is 11.7 Å². The van der Waals surface area contributed by atoms with Crippen LogP contribution in [0.2, 0.25) is 5.02 Å². The predicted molar refractivity (Wildman–Crippen MR) is 110 cm³/mol. The van der Waals surface area contributed by atoms with E-state index in [2.05, 4.69) is 5.32 Å². The van der Waals surface area contributed by atoms with Crippen molar-refractivity contribution in [2.75, 3.05) is 0 Å². The Kier molecular flexibility index (Phi) is 4.46. The molecule has 0 radical (unpaired) electrons. The van der Waals surface area contributed by atoms with E-state index < -0.39 is 23.1 Å². The molecule has 1 fully saturated rings. The van der Waals surface area contributed by atoms with E-state index in [1.165, 1.54) is 6.07 Å². The predicted octanol–water partition coefficient (Wildman–Crippen LogP) is 4.03. The second kappa shape index (κ2) is 6.74. The van der Waals surface area contributed by atoms with Crippen molar-refractivity contribution in [3.05, 3.63) is 80.2 Å². The summed E-state index contributed by atoms with van der Waals surface area (Å²) in [6.07, 6.45) is 0. The number of nitrogens with one attached hydrogen (secondary N) is 1. The minimum atomic E-state index is -1.28. The normalized spacial score (nSPS) is 19.1. The second-order valence-corrected chi connectivity index (χ2v) is 7.81. The molecule has 0 unspecified atom stereocenters. The molecule has 2 heterocycles. The maximum atomic E-state index is 13.2. The first-order valence-electron chi connectivity index (χ1n) is 9.14. The quantitative estimate of drug-likeness (QED) is 0.522. The molecular weight excluding hydrogens is 392 g/mol. The molecule has 1 saturated heterocycles. The molecule has 3 amide bonds. The van der Waals surface area contributed by atoms with Crippen LogP contribution >= 0.6 is 11.6 Å². The van der Waals surface area contributed by atoms with E-state index in [9.17, 15) is 14.4 Å². The number of hydrogen-bond acceptors (Lipinski definition) is 4. The molecule has 0 saturated carbocycles. The molecule has 0 spiro atoms. The zero-order valence-corrected chi connectivity index (χ0v) is 17.0. The number of carbonyl (C=O) groups excluding carboxylic acids is 2. The van der Waals surface area contributed by atoms with Crippen LogP contribution in [0.5, 0.6) is 0 Å². The lowest BCUT2D eigenvalue weighted by Gasteiger charge is -2.23. The number of fused-ring (bicyclic) bond motifs is 1. The summed E-state index contributed by atoms with van der Waals surface area (Å²) in [5, 5.41) is 3.83. The van der Waals surface area contributed by atoms with Gasteiger partial charge in [0.25, 0.3) is 5.91 Å². The van der Waals surface area contributed by atoms with E-state index in [0.29, 0.717) is 27.1 Å². The van der Waals surface area contributed by atoms with Crippen molar-refractivity contribution in [2.24, 2.45) is 0 Å². The highest BCUT2D eigenvalue weighted by molar-refractivity contribution is 6.32. The number of hydrogen-bond donors (Lipinski definition) is 1. The fraction of sp³-hybridized carbons (Fsp3) is 0.227. The Morgan fingerprint density at radius 2 is 1.83 bits per heavy atom. The van der Waals surface area contributed by atoms with E-state index in [0.717, 1.165) is 16.0 Å².